The molecule has 0 radical (unpaired) electrons. The van der Waals surface area contributed by atoms with Gasteiger partial charge in [0.1, 0.15) is 0 Å². The van der Waals surface area contributed by atoms with Crippen LogP contribution >= 0.6 is 0 Å². The summed E-state index contributed by atoms with van der Waals surface area (Å²) < 4.78 is 0. The molecular formula is C12H23N. The van der Waals surface area contributed by atoms with E-state index in [-0.39, 0.29) is 0 Å². The van der Waals surface area contributed by atoms with Crippen LogP contribution in [0.15, 0.2) is 0 Å². The highest BCUT2D eigenvalue weighted by Gasteiger charge is 2.31. The third kappa shape index (κ3) is 2.25. The van der Waals surface area contributed by atoms with E-state index in [0.717, 1.165) is 6.04 Å². The minimum Gasteiger partial charge on any atom is -0.300 e. The standard InChI is InChI=1S/C12H23N/c1-12(2)7-5-9-13-8-4-3-6-11(13)10-12/h11H,3-10H2,1-2H3. The first-order chi connectivity index (χ1) is 6.17. The third-order valence-electron chi connectivity index (χ3n) is 3.84. The van der Waals surface area contributed by atoms with Crippen LogP contribution in [0.5, 0.6) is 0 Å². The summed E-state index contributed by atoms with van der Waals surface area (Å²) in [5, 5.41) is 0. The number of hydrogen-bond acceptors (Lipinski definition) is 1. The first kappa shape index (κ1) is 9.51. The molecule has 0 bridgehead atoms. The maximum Gasteiger partial charge on any atom is 0.0100 e. The summed E-state index contributed by atoms with van der Waals surface area (Å²) in [6, 6.07) is 0.922. The van der Waals surface area contributed by atoms with E-state index in [4.69, 9.17) is 0 Å². The number of fused-ring (bicyclic) bond motifs is 1. The zero-order valence-electron chi connectivity index (χ0n) is 9.18. The summed E-state index contributed by atoms with van der Waals surface area (Å²) in [4.78, 5) is 2.75. The van der Waals surface area contributed by atoms with Crippen molar-refractivity contribution in [3.8, 4) is 0 Å². The van der Waals surface area contributed by atoms with Crippen molar-refractivity contribution in [1.82, 2.24) is 4.90 Å². The average Bonchev–Trinajstić information content (AvgIpc) is 2.21. The molecule has 0 N–H and O–H groups in total. The van der Waals surface area contributed by atoms with Crippen molar-refractivity contribution in [2.24, 2.45) is 5.41 Å². The molecule has 2 aliphatic heterocycles. The molecular weight excluding hydrogens is 158 g/mol. The Morgan fingerprint density at radius 3 is 2.69 bits per heavy atom. The topological polar surface area (TPSA) is 3.24 Å². The Kier molecular flexibility index (Phi) is 2.64. The Morgan fingerprint density at radius 1 is 1.08 bits per heavy atom. The van der Waals surface area contributed by atoms with Crippen molar-refractivity contribution in [1.29, 1.82) is 0 Å². The molecule has 0 amide bonds. The fourth-order valence-electron chi connectivity index (χ4n) is 3.09. The van der Waals surface area contributed by atoms with E-state index < -0.39 is 0 Å². The monoisotopic (exact) mass is 181 g/mol. The van der Waals surface area contributed by atoms with Gasteiger partial charge >= 0.3 is 0 Å². The second-order valence-electron chi connectivity index (χ2n) is 5.66. The van der Waals surface area contributed by atoms with Gasteiger partial charge in [-0.15, -0.1) is 0 Å². The Balaban J connectivity index is 2.03. The highest BCUT2D eigenvalue weighted by Crippen LogP contribution is 2.36. The van der Waals surface area contributed by atoms with Crippen LogP contribution in [0, 0.1) is 5.41 Å². The van der Waals surface area contributed by atoms with Crippen LogP contribution in [0.25, 0.3) is 0 Å². The largest absolute Gasteiger partial charge is 0.300 e. The maximum absolute atomic E-state index is 2.75. The molecule has 76 valence electrons. The lowest BCUT2D eigenvalue weighted by Crippen LogP contribution is -2.40. The fourth-order valence-corrected chi connectivity index (χ4v) is 3.09. The van der Waals surface area contributed by atoms with Gasteiger partial charge < -0.3 is 4.90 Å². The second-order valence-corrected chi connectivity index (χ2v) is 5.66. The number of nitrogens with zero attached hydrogens (tertiary/aromatic N) is 1. The van der Waals surface area contributed by atoms with Crippen molar-refractivity contribution in [3.63, 3.8) is 0 Å². The first-order valence-corrected chi connectivity index (χ1v) is 5.91. The van der Waals surface area contributed by atoms with Gasteiger partial charge in [-0.05, 0) is 50.6 Å². The minimum atomic E-state index is 0.608. The van der Waals surface area contributed by atoms with Crippen LogP contribution in [0.2, 0.25) is 0 Å². The van der Waals surface area contributed by atoms with Gasteiger partial charge in [0.2, 0.25) is 0 Å². The predicted octanol–water partition coefficient (Wildman–Crippen LogP) is 3.05. The maximum atomic E-state index is 2.75. The van der Waals surface area contributed by atoms with E-state index in [1.54, 1.807) is 0 Å². The molecule has 1 heteroatoms. The molecule has 0 aliphatic carbocycles. The minimum absolute atomic E-state index is 0.608. The zero-order chi connectivity index (χ0) is 9.31. The average molecular weight is 181 g/mol. The lowest BCUT2D eigenvalue weighted by Gasteiger charge is -2.36. The van der Waals surface area contributed by atoms with Gasteiger partial charge in [0.25, 0.3) is 0 Å². The van der Waals surface area contributed by atoms with Crippen molar-refractivity contribution < 1.29 is 0 Å². The molecule has 13 heavy (non-hydrogen) atoms. The smallest absolute Gasteiger partial charge is 0.0100 e. The van der Waals surface area contributed by atoms with E-state index in [9.17, 15) is 0 Å². The second kappa shape index (κ2) is 3.61. The molecule has 1 atom stereocenters. The lowest BCUT2D eigenvalue weighted by atomic mass is 9.81. The van der Waals surface area contributed by atoms with E-state index in [2.05, 4.69) is 18.7 Å². The molecule has 0 aromatic rings. The molecule has 0 aromatic heterocycles. The van der Waals surface area contributed by atoms with Crippen LogP contribution < -0.4 is 0 Å². The van der Waals surface area contributed by atoms with Crippen LogP contribution in [-0.2, 0) is 0 Å². The molecule has 0 aromatic carbocycles. The molecule has 2 heterocycles. The molecule has 0 saturated carbocycles. The van der Waals surface area contributed by atoms with Gasteiger partial charge in [-0.25, -0.2) is 0 Å². The van der Waals surface area contributed by atoms with Gasteiger partial charge in [-0.3, -0.25) is 0 Å². The van der Waals surface area contributed by atoms with E-state index in [1.165, 1.54) is 51.6 Å². The molecule has 2 fully saturated rings. The number of piperidine rings is 1. The van der Waals surface area contributed by atoms with Gasteiger partial charge in [0, 0.05) is 6.04 Å². The zero-order valence-corrected chi connectivity index (χ0v) is 9.18. The third-order valence-corrected chi connectivity index (χ3v) is 3.84. The Morgan fingerprint density at radius 2 is 1.85 bits per heavy atom. The van der Waals surface area contributed by atoms with E-state index in [1.807, 2.05) is 0 Å². The van der Waals surface area contributed by atoms with Gasteiger partial charge in [-0.2, -0.15) is 0 Å². The quantitative estimate of drug-likeness (QED) is 0.555. The van der Waals surface area contributed by atoms with E-state index in [0.29, 0.717) is 5.41 Å². The van der Waals surface area contributed by atoms with Crippen LogP contribution in [0.4, 0.5) is 0 Å². The van der Waals surface area contributed by atoms with Crippen molar-refractivity contribution in [2.45, 2.75) is 58.4 Å². The summed E-state index contributed by atoms with van der Waals surface area (Å²) in [6.07, 6.45) is 8.66. The molecule has 2 saturated heterocycles. The van der Waals surface area contributed by atoms with E-state index >= 15 is 0 Å². The molecule has 2 aliphatic rings. The van der Waals surface area contributed by atoms with Crippen LogP contribution in [-0.4, -0.2) is 24.0 Å². The van der Waals surface area contributed by atoms with Crippen molar-refractivity contribution in [2.75, 3.05) is 13.1 Å². The van der Waals surface area contributed by atoms with Crippen LogP contribution in [0.1, 0.15) is 52.4 Å². The SMILES string of the molecule is CC1(C)CCCN2CCCCC2C1. The number of hydrogen-bond donors (Lipinski definition) is 0. The Hall–Kier alpha value is -0.0400. The number of rotatable bonds is 0. The van der Waals surface area contributed by atoms with Gasteiger partial charge in [-0.1, -0.05) is 20.3 Å². The highest BCUT2D eigenvalue weighted by atomic mass is 15.2. The normalized spacial score (nSPS) is 35.1. The Bertz CT molecular complexity index is 174. The molecule has 0 spiro atoms. The summed E-state index contributed by atoms with van der Waals surface area (Å²) >= 11 is 0. The predicted molar refractivity (Wildman–Crippen MR) is 56.8 cm³/mol. The first-order valence-electron chi connectivity index (χ1n) is 5.91. The lowest BCUT2D eigenvalue weighted by molar-refractivity contribution is 0.132. The summed E-state index contributed by atoms with van der Waals surface area (Å²) in [5.41, 5.74) is 0.608. The van der Waals surface area contributed by atoms with Crippen LogP contribution in [0.3, 0.4) is 0 Å². The summed E-state index contributed by atoms with van der Waals surface area (Å²) in [7, 11) is 0. The molecule has 1 nitrogen and oxygen atoms in total. The Labute approximate surface area is 82.5 Å². The van der Waals surface area contributed by atoms with Gasteiger partial charge in [0.15, 0.2) is 0 Å². The van der Waals surface area contributed by atoms with Crippen molar-refractivity contribution >= 4 is 0 Å². The molecule has 1 unspecified atom stereocenters. The van der Waals surface area contributed by atoms with Gasteiger partial charge in [0.05, 0.1) is 0 Å². The fraction of sp³-hybridized carbons (Fsp3) is 1.00. The summed E-state index contributed by atoms with van der Waals surface area (Å²) in [5.74, 6) is 0. The summed E-state index contributed by atoms with van der Waals surface area (Å²) in [6.45, 7) is 7.64. The molecule has 2 rings (SSSR count). The van der Waals surface area contributed by atoms with Crippen molar-refractivity contribution in [3.05, 3.63) is 0 Å². The highest BCUT2D eigenvalue weighted by molar-refractivity contribution is 4.86.